The summed E-state index contributed by atoms with van der Waals surface area (Å²) < 4.78 is 0. The Labute approximate surface area is 113 Å². The summed E-state index contributed by atoms with van der Waals surface area (Å²) in [5.41, 5.74) is 1.48. The summed E-state index contributed by atoms with van der Waals surface area (Å²) in [5.74, 6) is -0.318. The molecule has 0 fully saturated rings. The van der Waals surface area contributed by atoms with Crippen molar-refractivity contribution in [3.05, 3.63) is 33.8 Å². The first kappa shape index (κ1) is 12.8. The van der Waals surface area contributed by atoms with Crippen molar-refractivity contribution in [3.8, 4) is 0 Å². The first-order valence-electron chi connectivity index (χ1n) is 5.19. The van der Waals surface area contributed by atoms with E-state index in [1.165, 1.54) is 11.3 Å². The van der Waals surface area contributed by atoms with Crippen molar-refractivity contribution in [2.24, 2.45) is 0 Å². The largest absolute Gasteiger partial charge is 0.363 e. The van der Waals surface area contributed by atoms with Crippen LogP contribution in [0.25, 0.3) is 0 Å². The van der Waals surface area contributed by atoms with Gasteiger partial charge in [0.1, 0.15) is 0 Å². The maximum atomic E-state index is 11.9. The van der Waals surface area contributed by atoms with Crippen LogP contribution in [-0.4, -0.2) is 23.2 Å². The summed E-state index contributed by atoms with van der Waals surface area (Å²) in [6, 6.07) is 5.45. The Morgan fingerprint density at radius 3 is 2.83 bits per heavy atom. The molecule has 2 N–H and O–H groups in total. The minimum absolute atomic E-state index is 0.289. The van der Waals surface area contributed by atoms with E-state index in [2.05, 4.69) is 20.8 Å². The summed E-state index contributed by atoms with van der Waals surface area (Å²) >= 11 is 7.28. The molecule has 2 aromatic rings. The topological polar surface area (TPSA) is 66.9 Å². The number of benzene rings is 1. The van der Waals surface area contributed by atoms with E-state index in [-0.39, 0.29) is 10.9 Å². The van der Waals surface area contributed by atoms with Gasteiger partial charge in [0.15, 0.2) is 0 Å². The highest BCUT2D eigenvalue weighted by atomic mass is 35.5. The third kappa shape index (κ3) is 2.60. The van der Waals surface area contributed by atoms with Crippen LogP contribution in [0.4, 0.5) is 10.8 Å². The molecule has 0 radical (unpaired) electrons. The third-order valence-electron chi connectivity index (χ3n) is 2.27. The van der Waals surface area contributed by atoms with Crippen molar-refractivity contribution in [1.29, 1.82) is 0 Å². The lowest BCUT2D eigenvalue weighted by molar-refractivity contribution is 0.102. The van der Waals surface area contributed by atoms with Crippen molar-refractivity contribution in [2.45, 2.75) is 6.92 Å². The van der Waals surface area contributed by atoms with Crippen molar-refractivity contribution in [2.75, 3.05) is 17.7 Å². The molecule has 7 heteroatoms. The molecule has 1 amide bonds. The van der Waals surface area contributed by atoms with Crippen LogP contribution < -0.4 is 10.6 Å². The monoisotopic (exact) mass is 282 g/mol. The van der Waals surface area contributed by atoms with Crippen molar-refractivity contribution in [3.63, 3.8) is 0 Å². The maximum Gasteiger partial charge on any atom is 0.286 e. The van der Waals surface area contributed by atoms with Crippen LogP contribution in [0.1, 0.15) is 15.4 Å². The van der Waals surface area contributed by atoms with Crippen molar-refractivity contribution in [1.82, 2.24) is 10.2 Å². The number of aryl methyl sites for hydroxylation is 1. The van der Waals surface area contributed by atoms with Crippen LogP contribution in [0.2, 0.25) is 5.02 Å². The predicted molar refractivity (Wildman–Crippen MR) is 73.6 cm³/mol. The molecule has 0 saturated heterocycles. The number of nitrogens with zero attached hydrogens (tertiary/aromatic N) is 2. The number of carbonyl (C=O) groups excluding carboxylic acids is 1. The van der Waals surface area contributed by atoms with Gasteiger partial charge in [0.05, 0.1) is 10.7 Å². The summed E-state index contributed by atoms with van der Waals surface area (Å²) in [6.07, 6.45) is 0. The number of hydrogen-bond donors (Lipinski definition) is 2. The fourth-order valence-electron chi connectivity index (χ4n) is 1.34. The quantitative estimate of drug-likeness (QED) is 0.908. The van der Waals surface area contributed by atoms with Gasteiger partial charge in [-0.05, 0) is 18.6 Å². The van der Waals surface area contributed by atoms with Gasteiger partial charge < -0.3 is 10.6 Å². The molecule has 0 unspecified atom stereocenters. The van der Waals surface area contributed by atoms with E-state index in [1.807, 2.05) is 19.1 Å². The smallest absolute Gasteiger partial charge is 0.286 e. The number of aromatic nitrogens is 2. The molecule has 0 atom stereocenters. The molecule has 0 spiro atoms. The highest BCUT2D eigenvalue weighted by molar-refractivity contribution is 7.17. The molecule has 94 valence electrons. The molecule has 1 aromatic carbocycles. The van der Waals surface area contributed by atoms with Gasteiger partial charge in [-0.2, -0.15) is 0 Å². The Hall–Kier alpha value is -1.66. The van der Waals surface area contributed by atoms with Gasteiger partial charge >= 0.3 is 0 Å². The Kier molecular flexibility index (Phi) is 3.78. The molecular formula is C11H11ClN4OS. The first-order valence-corrected chi connectivity index (χ1v) is 6.39. The number of halogens is 1. The minimum atomic E-state index is -0.318. The summed E-state index contributed by atoms with van der Waals surface area (Å²) in [4.78, 5) is 11.9. The van der Waals surface area contributed by atoms with E-state index in [9.17, 15) is 4.79 Å². The second-order valence-corrected chi connectivity index (χ2v) is 4.91. The summed E-state index contributed by atoms with van der Waals surface area (Å²) in [5, 5.41) is 14.5. The SMILES string of the molecule is CNc1nnc(C(=O)Nc2cccc(C)c2Cl)s1. The van der Waals surface area contributed by atoms with E-state index in [4.69, 9.17) is 11.6 Å². The molecule has 0 aliphatic heterocycles. The third-order valence-corrected chi connectivity index (χ3v) is 3.71. The summed E-state index contributed by atoms with van der Waals surface area (Å²) in [6.45, 7) is 1.88. The fraction of sp³-hybridized carbons (Fsp3) is 0.182. The van der Waals surface area contributed by atoms with E-state index in [1.54, 1.807) is 13.1 Å². The average Bonchev–Trinajstić information content (AvgIpc) is 2.83. The van der Waals surface area contributed by atoms with Crippen LogP contribution in [0.5, 0.6) is 0 Å². The Balaban J connectivity index is 2.18. The fourth-order valence-corrected chi connectivity index (χ4v) is 2.10. The first-order chi connectivity index (χ1) is 8.61. The minimum Gasteiger partial charge on any atom is -0.363 e. The lowest BCUT2D eigenvalue weighted by Crippen LogP contribution is -2.12. The molecule has 0 bridgehead atoms. The Morgan fingerprint density at radius 2 is 2.17 bits per heavy atom. The number of rotatable bonds is 3. The van der Waals surface area contributed by atoms with Crippen LogP contribution >= 0.6 is 22.9 Å². The zero-order valence-corrected chi connectivity index (χ0v) is 11.4. The van der Waals surface area contributed by atoms with Gasteiger partial charge in [-0.1, -0.05) is 35.1 Å². The van der Waals surface area contributed by atoms with Gasteiger partial charge in [-0.25, -0.2) is 0 Å². The summed E-state index contributed by atoms with van der Waals surface area (Å²) in [7, 11) is 1.72. The second-order valence-electron chi connectivity index (χ2n) is 3.55. The molecular weight excluding hydrogens is 272 g/mol. The molecule has 2 rings (SSSR count). The zero-order valence-electron chi connectivity index (χ0n) is 9.82. The average molecular weight is 283 g/mol. The number of anilines is 2. The van der Waals surface area contributed by atoms with E-state index >= 15 is 0 Å². The Morgan fingerprint density at radius 1 is 1.39 bits per heavy atom. The van der Waals surface area contributed by atoms with Gasteiger partial charge in [0.25, 0.3) is 5.91 Å². The van der Waals surface area contributed by atoms with Crippen LogP contribution in [0.3, 0.4) is 0 Å². The highest BCUT2D eigenvalue weighted by Crippen LogP contribution is 2.26. The van der Waals surface area contributed by atoms with Gasteiger partial charge in [0, 0.05) is 7.05 Å². The number of amides is 1. The maximum absolute atomic E-state index is 11.9. The molecule has 0 saturated carbocycles. The second kappa shape index (κ2) is 5.32. The molecule has 1 heterocycles. The molecule has 5 nitrogen and oxygen atoms in total. The van der Waals surface area contributed by atoms with Gasteiger partial charge in [-0.3, -0.25) is 4.79 Å². The normalized spacial score (nSPS) is 10.2. The molecule has 1 aromatic heterocycles. The van der Waals surface area contributed by atoms with Gasteiger partial charge in [0.2, 0.25) is 10.1 Å². The lowest BCUT2D eigenvalue weighted by Gasteiger charge is -2.06. The number of carbonyl (C=O) groups is 1. The number of hydrogen-bond acceptors (Lipinski definition) is 5. The van der Waals surface area contributed by atoms with Crippen molar-refractivity contribution >= 4 is 39.7 Å². The molecule has 0 aliphatic rings. The van der Waals surface area contributed by atoms with Gasteiger partial charge in [-0.15, -0.1) is 10.2 Å². The van der Waals surface area contributed by atoms with Crippen LogP contribution in [0.15, 0.2) is 18.2 Å². The standard InChI is InChI=1S/C11H11ClN4OS/c1-6-4-3-5-7(8(6)12)14-9(17)10-15-16-11(13-2)18-10/h3-5H,1-2H3,(H,13,16)(H,14,17). The molecule has 18 heavy (non-hydrogen) atoms. The van der Waals surface area contributed by atoms with E-state index in [0.717, 1.165) is 5.56 Å². The van der Waals surface area contributed by atoms with E-state index < -0.39 is 0 Å². The van der Waals surface area contributed by atoms with Crippen LogP contribution in [-0.2, 0) is 0 Å². The van der Waals surface area contributed by atoms with Crippen LogP contribution in [0, 0.1) is 6.92 Å². The number of nitrogens with one attached hydrogen (secondary N) is 2. The Bertz CT molecular complexity index is 584. The van der Waals surface area contributed by atoms with Crippen molar-refractivity contribution < 1.29 is 4.79 Å². The molecule has 0 aliphatic carbocycles. The lowest BCUT2D eigenvalue weighted by atomic mass is 10.2. The van der Waals surface area contributed by atoms with E-state index in [0.29, 0.717) is 15.8 Å². The highest BCUT2D eigenvalue weighted by Gasteiger charge is 2.14. The zero-order chi connectivity index (χ0) is 13.1. The predicted octanol–water partition coefficient (Wildman–Crippen LogP) is 2.79.